The summed E-state index contributed by atoms with van der Waals surface area (Å²) in [6, 6.07) is 16.0. The van der Waals surface area contributed by atoms with E-state index in [0.29, 0.717) is 16.9 Å². The van der Waals surface area contributed by atoms with Gasteiger partial charge in [-0.05, 0) is 32.4 Å². The van der Waals surface area contributed by atoms with Gasteiger partial charge in [-0.1, -0.05) is 53.2 Å². The number of amides is 1. The number of aromatic nitrogens is 1. The Bertz CT molecular complexity index is 963. The number of nitrogens with one attached hydrogen (secondary N) is 1. The molecule has 2 aromatic carbocycles. The Kier molecular flexibility index (Phi) is 5.35. The minimum absolute atomic E-state index is 0.265. The molecule has 0 saturated carbocycles. The Morgan fingerprint density at radius 1 is 1.04 bits per heavy atom. The average Bonchev–Trinajstić information content (AvgIpc) is 3.06. The highest BCUT2D eigenvalue weighted by molar-refractivity contribution is 5.98. The maximum absolute atomic E-state index is 12.8. The molecule has 1 aromatic heterocycles. The van der Waals surface area contributed by atoms with Gasteiger partial charge in [0.05, 0.1) is 5.56 Å². The SMILES string of the molecule is Cc1ccc(C)c(C(=O)OC(C(=O)Nc2cc(C)on2)c2ccccc2)c1. The molecule has 0 aliphatic heterocycles. The van der Waals surface area contributed by atoms with Crippen LogP contribution in [0.15, 0.2) is 59.1 Å². The molecule has 1 atom stereocenters. The van der Waals surface area contributed by atoms with E-state index in [-0.39, 0.29) is 5.82 Å². The van der Waals surface area contributed by atoms with Crippen LogP contribution in [-0.2, 0) is 9.53 Å². The zero-order valence-corrected chi connectivity index (χ0v) is 15.4. The van der Waals surface area contributed by atoms with Crippen molar-refractivity contribution in [1.29, 1.82) is 0 Å². The van der Waals surface area contributed by atoms with E-state index in [1.54, 1.807) is 43.3 Å². The minimum atomic E-state index is -1.12. The molecule has 27 heavy (non-hydrogen) atoms. The van der Waals surface area contributed by atoms with Gasteiger partial charge < -0.3 is 14.6 Å². The molecule has 0 fully saturated rings. The van der Waals surface area contributed by atoms with Gasteiger partial charge in [-0.3, -0.25) is 4.79 Å². The monoisotopic (exact) mass is 364 g/mol. The summed E-state index contributed by atoms with van der Waals surface area (Å²) in [4.78, 5) is 25.5. The zero-order valence-electron chi connectivity index (χ0n) is 15.4. The second-order valence-corrected chi connectivity index (χ2v) is 6.33. The molecule has 6 nitrogen and oxygen atoms in total. The highest BCUT2D eigenvalue weighted by atomic mass is 16.5. The van der Waals surface area contributed by atoms with Crippen molar-refractivity contribution in [2.24, 2.45) is 0 Å². The van der Waals surface area contributed by atoms with Crippen molar-refractivity contribution >= 4 is 17.7 Å². The minimum Gasteiger partial charge on any atom is -0.444 e. The Balaban J connectivity index is 1.87. The number of aryl methyl sites for hydroxylation is 3. The van der Waals surface area contributed by atoms with E-state index in [1.165, 1.54) is 0 Å². The highest BCUT2D eigenvalue weighted by Crippen LogP contribution is 2.23. The van der Waals surface area contributed by atoms with E-state index in [2.05, 4.69) is 10.5 Å². The van der Waals surface area contributed by atoms with Crippen LogP contribution in [0.5, 0.6) is 0 Å². The number of benzene rings is 2. The summed E-state index contributed by atoms with van der Waals surface area (Å²) in [7, 11) is 0. The Morgan fingerprint density at radius 3 is 2.44 bits per heavy atom. The van der Waals surface area contributed by atoms with Crippen molar-refractivity contribution in [1.82, 2.24) is 5.16 Å². The molecule has 0 spiro atoms. The molecule has 3 aromatic rings. The van der Waals surface area contributed by atoms with Crippen LogP contribution in [0.25, 0.3) is 0 Å². The van der Waals surface area contributed by atoms with Crippen LogP contribution < -0.4 is 5.32 Å². The van der Waals surface area contributed by atoms with Gasteiger partial charge in [-0.15, -0.1) is 0 Å². The predicted octanol–water partition coefficient (Wildman–Crippen LogP) is 4.14. The molecular formula is C21H20N2O4. The number of hydrogen-bond donors (Lipinski definition) is 1. The quantitative estimate of drug-likeness (QED) is 0.688. The van der Waals surface area contributed by atoms with Crippen LogP contribution in [0.1, 0.15) is 38.9 Å². The lowest BCUT2D eigenvalue weighted by molar-refractivity contribution is -0.125. The molecule has 0 bridgehead atoms. The van der Waals surface area contributed by atoms with Gasteiger partial charge >= 0.3 is 5.97 Å². The van der Waals surface area contributed by atoms with Gasteiger partial charge in [0.1, 0.15) is 5.76 Å². The van der Waals surface area contributed by atoms with E-state index >= 15 is 0 Å². The standard InChI is InChI=1S/C21H20N2O4/c1-13-9-10-14(2)17(11-13)21(25)26-19(16-7-5-4-6-8-16)20(24)22-18-12-15(3)27-23-18/h4-12,19H,1-3H3,(H,22,23,24). The lowest BCUT2D eigenvalue weighted by Gasteiger charge is -2.18. The smallest absolute Gasteiger partial charge is 0.339 e. The van der Waals surface area contributed by atoms with Gasteiger partial charge in [-0.2, -0.15) is 0 Å². The van der Waals surface area contributed by atoms with E-state index in [4.69, 9.17) is 9.26 Å². The van der Waals surface area contributed by atoms with Crippen LogP contribution in [0, 0.1) is 20.8 Å². The van der Waals surface area contributed by atoms with Gasteiger partial charge in [0.2, 0.25) is 6.10 Å². The van der Waals surface area contributed by atoms with E-state index in [0.717, 1.165) is 11.1 Å². The summed E-state index contributed by atoms with van der Waals surface area (Å²) >= 11 is 0. The van der Waals surface area contributed by atoms with Gasteiger partial charge in [0.15, 0.2) is 5.82 Å². The number of ether oxygens (including phenoxy) is 1. The normalized spacial score (nSPS) is 11.7. The summed E-state index contributed by atoms with van der Waals surface area (Å²) in [5.74, 6) is -0.236. The number of nitrogens with zero attached hydrogens (tertiary/aromatic N) is 1. The summed E-state index contributed by atoms with van der Waals surface area (Å²) in [5.41, 5.74) is 2.71. The third-order valence-electron chi connectivity index (χ3n) is 4.06. The Morgan fingerprint density at radius 2 is 1.78 bits per heavy atom. The van der Waals surface area contributed by atoms with Crippen LogP contribution >= 0.6 is 0 Å². The Hall–Kier alpha value is -3.41. The van der Waals surface area contributed by atoms with E-state index in [9.17, 15) is 9.59 Å². The molecule has 6 heteroatoms. The topological polar surface area (TPSA) is 81.4 Å². The van der Waals surface area contributed by atoms with Crippen molar-refractivity contribution in [2.75, 3.05) is 5.32 Å². The molecule has 1 amide bonds. The molecule has 0 radical (unpaired) electrons. The maximum atomic E-state index is 12.8. The maximum Gasteiger partial charge on any atom is 0.339 e. The van der Waals surface area contributed by atoms with Crippen LogP contribution in [0.2, 0.25) is 0 Å². The molecule has 0 aliphatic carbocycles. The number of anilines is 1. The van der Waals surface area contributed by atoms with Crippen molar-refractivity contribution in [2.45, 2.75) is 26.9 Å². The number of esters is 1. The Labute approximate surface area is 157 Å². The fraction of sp³-hybridized carbons (Fsp3) is 0.190. The van der Waals surface area contributed by atoms with Crippen molar-refractivity contribution < 1.29 is 18.8 Å². The average molecular weight is 364 g/mol. The van der Waals surface area contributed by atoms with Crippen molar-refractivity contribution in [3.05, 3.63) is 82.6 Å². The lowest BCUT2D eigenvalue weighted by atomic mass is 10.1. The molecule has 138 valence electrons. The molecule has 1 unspecified atom stereocenters. The zero-order chi connectivity index (χ0) is 19.4. The first-order valence-electron chi connectivity index (χ1n) is 8.51. The van der Waals surface area contributed by atoms with E-state index in [1.807, 2.05) is 32.0 Å². The molecule has 3 rings (SSSR count). The molecule has 1 heterocycles. The highest BCUT2D eigenvalue weighted by Gasteiger charge is 2.27. The first kappa shape index (κ1) is 18.4. The number of hydrogen-bond acceptors (Lipinski definition) is 5. The molecular weight excluding hydrogens is 344 g/mol. The molecule has 0 aliphatic rings. The van der Waals surface area contributed by atoms with Gasteiger partial charge in [-0.25, -0.2) is 4.79 Å². The van der Waals surface area contributed by atoms with E-state index < -0.39 is 18.0 Å². The number of carbonyl (C=O) groups excluding carboxylic acids is 2. The first-order chi connectivity index (χ1) is 12.9. The predicted molar refractivity (Wildman–Crippen MR) is 100 cm³/mol. The second-order valence-electron chi connectivity index (χ2n) is 6.33. The summed E-state index contributed by atoms with van der Waals surface area (Å²) < 4.78 is 10.5. The van der Waals surface area contributed by atoms with Gasteiger partial charge in [0, 0.05) is 11.6 Å². The number of rotatable bonds is 5. The van der Waals surface area contributed by atoms with Gasteiger partial charge in [0.25, 0.3) is 5.91 Å². The fourth-order valence-electron chi connectivity index (χ4n) is 2.64. The van der Waals surface area contributed by atoms with Crippen molar-refractivity contribution in [3.8, 4) is 0 Å². The summed E-state index contributed by atoms with van der Waals surface area (Å²) in [6.07, 6.45) is -1.12. The fourth-order valence-corrected chi connectivity index (χ4v) is 2.64. The third-order valence-corrected chi connectivity index (χ3v) is 4.06. The van der Waals surface area contributed by atoms with Crippen LogP contribution in [0.4, 0.5) is 5.82 Å². The number of carbonyl (C=O) groups is 2. The van der Waals surface area contributed by atoms with Crippen molar-refractivity contribution in [3.63, 3.8) is 0 Å². The third kappa shape index (κ3) is 4.41. The molecule has 1 N–H and O–H groups in total. The van der Waals surface area contributed by atoms with Crippen LogP contribution in [0.3, 0.4) is 0 Å². The summed E-state index contributed by atoms with van der Waals surface area (Å²) in [5, 5.41) is 6.37. The second kappa shape index (κ2) is 7.86. The first-order valence-corrected chi connectivity index (χ1v) is 8.51. The molecule has 0 saturated heterocycles. The lowest BCUT2D eigenvalue weighted by Crippen LogP contribution is -2.26. The van der Waals surface area contributed by atoms with Crippen LogP contribution in [-0.4, -0.2) is 17.0 Å². The summed E-state index contributed by atoms with van der Waals surface area (Å²) in [6.45, 7) is 5.44. The largest absolute Gasteiger partial charge is 0.444 e.